The van der Waals surface area contributed by atoms with Crippen LogP contribution in [-0.4, -0.2) is 0 Å². The van der Waals surface area contributed by atoms with Crippen LogP contribution in [0.15, 0.2) is 199 Å². The standard InChI is InChI=1S/C54H37NO/c1-3-15-36(16-4-1)39-20-13-21-42(33-39)55(41-31-29-38(30-32-41)50-34-40-19-7-8-22-43(40)45-23-9-10-24-46(45)50)52-35-51-49-28-14-27-44(37-17-5-2-6-18-37)53(49)56-54(51)48-26-12-11-25-47(48)52/h1-10,12-24,26-35H,11,25H2. The van der Waals surface area contributed by atoms with Gasteiger partial charge in [-0.15, -0.1) is 0 Å². The Balaban J connectivity index is 1.14. The zero-order valence-corrected chi connectivity index (χ0v) is 30.8. The number of benzene rings is 9. The van der Waals surface area contributed by atoms with Crippen LogP contribution in [0.4, 0.5) is 17.1 Å². The molecule has 0 saturated heterocycles. The summed E-state index contributed by atoms with van der Waals surface area (Å²) in [6.07, 6.45) is 6.48. The first-order chi connectivity index (χ1) is 27.8. The smallest absolute Gasteiger partial charge is 0.143 e. The van der Waals surface area contributed by atoms with E-state index in [-0.39, 0.29) is 0 Å². The summed E-state index contributed by atoms with van der Waals surface area (Å²) in [4.78, 5) is 2.46. The number of hydrogen-bond acceptors (Lipinski definition) is 2. The fourth-order valence-corrected chi connectivity index (χ4v) is 8.86. The van der Waals surface area contributed by atoms with Gasteiger partial charge in [0.2, 0.25) is 0 Å². The fraction of sp³-hybridized carbons (Fsp3) is 0.0370. The molecule has 0 radical (unpaired) electrons. The summed E-state index contributed by atoms with van der Waals surface area (Å²) in [5, 5.41) is 7.33. The summed E-state index contributed by atoms with van der Waals surface area (Å²) in [6.45, 7) is 0. The van der Waals surface area contributed by atoms with E-state index in [0.717, 1.165) is 57.3 Å². The molecule has 9 aromatic carbocycles. The molecule has 1 heterocycles. The lowest BCUT2D eigenvalue weighted by Crippen LogP contribution is -2.14. The molecule has 1 aliphatic rings. The van der Waals surface area contributed by atoms with E-state index in [0.29, 0.717) is 0 Å². The van der Waals surface area contributed by atoms with Crippen molar-refractivity contribution in [3.05, 3.63) is 205 Å². The van der Waals surface area contributed by atoms with Crippen molar-refractivity contribution < 1.29 is 4.42 Å². The minimum atomic E-state index is 0.926. The van der Waals surface area contributed by atoms with Crippen LogP contribution < -0.4 is 4.90 Å². The van der Waals surface area contributed by atoms with E-state index in [1.807, 2.05) is 0 Å². The van der Waals surface area contributed by atoms with Gasteiger partial charge in [-0.05, 0) is 104 Å². The highest BCUT2D eigenvalue weighted by Gasteiger charge is 2.25. The number of hydrogen-bond donors (Lipinski definition) is 0. The Labute approximate surface area is 326 Å². The number of furan rings is 1. The third-order valence-electron chi connectivity index (χ3n) is 11.5. The maximum atomic E-state index is 6.92. The molecule has 0 saturated carbocycles. The molecular weight excluding hydrogens is 679 g/mol. The van der Waals surface area contributed by atoms with Gasteiger partial charge in [0.1, 0.15) is 11.2 Å². The normalized spacial score (nSPS) is 12.4. The van der Waals surface area contributed by atoms with Crippen molar-refractivity contribution in [2.75, 3.05) is 4.90 Å². The summed E-state index contributed by atoms with van der Waals surface area (Å²) in [6, 6.07) is 68.1. The van der Waals surface area contributed by atoms with Crippen LogP contribution in [0.25, 0.3) is 82.9 Å². The molecule has 0 atom stereocenters. The fourth-order valence-electron chi connectivity index (χ4n) is 8.86. The SMILES string of the molecule is C1=Cc2c(c(N(c3ccc(-c4cc5ccccc5c5ccccc45)cc3)c3cccc(-c4ccccc4)c3)cc3c2oc2c(-c4ccccc4)cccc23)CC1. The predicted octanol–water partition coefficient (Wildman–Crippen LogP) is 15.3. The van der Waals surface area contributed by atoms with Gasteiger partial charge in [-0.25, -0.2) is 0 Å². The Morgan fingerprint density at radius 3 is 1.89 bits per heavy atom. The maximum Gasteiger partial charge on any atom is 0.143 e. The summed E-state index contributed by atoms with van der Waals surface area (Å²) in [5.74, 6) is 0. The summed E-state index contributed by atoms with van der Waals surface area (Å²) in [5.41, 5.74) is 14.8. The van der Waals surface area contributed by atoms with Crippen molar-refractivity contribution in [3.63, 3.8) is 0 Å². The summed E-state index contributed by atoms with van der Waals surface area (Å²) in [7, 11) is 0. The van der Waals surface area contributed by atoms with Crippen LogP contribution >= 0.6 is 0 Å². The van der Waals surface area contributed by atoms with Gasteiger partial charge >= 0.3 is 0 Å². The van der Waals surface area contributed by atoms with Gasteiger partial charge < -0.3 is 9.32 Å². The quantitative estimate of drug-likeness (QED) is 0.159. The average molecular weight is 716 g/mol. The van der Waals surface area contributed by atoms with Crippen LogP contribution in [0.1, 0.15) is 17.5 Å². The highest BCUT2D eigenvalue weighted by molar-refractivity contribution is 6.15. The van der Waals surface area contributed by atoms with E-state index in [1.54, 1.807) is 0 Å². The number of allylic oxidation sites excluding steroid dienone is 1. The molecule has 2 nitrogen and oxygen atoms in total. The van der Waals surface area contributed by atoms with E-state index in [4.69, 9.17) is 4.42 Å². The topological polar surface area (TPSA) is 16.4 Å². The number of nitrogens with zero attached hydrogens (tertiary/aromatic N) is 1. The van der Waals surface area contributed by atoms with Crippen molar-refractivity contribution in [2.24, 2.45) is 0 Å². The van der Waals surface area contributed by atoms with Crippen molar-refractivity contribution in [1.82, 2.24) is 0 Å². The Morgan fingerprint density at radius 1 is 0.411 bits per heavy atom. The van der Waals surface area contributed by atoms with Crippen molar-refractivity contribution >= 4 is 66.6 Å². The summed E-state index contributed by atoms with van der Waals surface area (Å²) < 4.78 is 6.92. The average Bonchev–Trinajstić information content (AvgIpc) is 3.66. The molecule has 1 aliphatic carbocycles. The van der Waals surface area contributed by atoms with Crippen LogP contribution in [0.3, 0.4) is 0 Å². The Bertz CT molecular complexity index is 3120. The van der Waals surface area contributed by atoms with Gasteiger partial charge in [0, 0.05) is 33.3 Å². The van der Waals surface area contributed by atoms with E-state index >= 15 is 0 Å². The lowest BCUT2D eigenvalue weighted by molar-refractivity contribution is 0.667. The van der Waals surface area contributed by atoms with Gasteiger partial charge in [0.25, 0.3) is 0 Å². The molecule has 1 aromatic heterocycles. The predicted molar refractivity (Wildman–Crippen MR) is 237 cm³/mol. The molecule has 0 amide bonds. The number of fused-ring (bicyclic) bond motifs is 8. The molecule has 0 N–H and O–H groups in total. The molecule has 56 heavy (non-hydrogen) atoms. The maximum absolute atomic E-state index is 6.92. The molecule has 0 fully saturated rings. The Morgan fingerprint density at radius 2 is 1.07 bits per heavy atom. The van der Waals surface area contributed by atoms with Crippen molar-refractivity contribution in [2.45, 2.75) is 12.8 Å². The first-order valence-electron chi connectivity index (χ1n) is 19.5. The van der Waals surface area contributed by atoms with E-state index in [2.05, 4.69) is 205 Å². The lowest BCUT2D eigenvalue weighted by Gasteiger charge is -2.30. The van der Waals surface area contributed by atoms with E-state index in [1.165, 1.54) is 60.6 Å². The van der Waals surface area contributed by atoms with Crippen LogP contribution in [0.5, 0.6) is 0 Å². The van der Waals surface area contributed by atoms with Crippen LogP contribution in [-0.2, 0) is 6.42 Å². The third kappa shape index (κ3) is 5.33. The van der Waals surface area contributed by atoms with E-state index < -0.39 is 0 Å². The second kappa shape index (κ2) is 13.3. The van der Waals surface area contributed by atoms with Crippen LogP contribution in [0, 0.1) is 0 Å². The highest BCUT2D eigenvalue weighted by Crippen LogP contribution is 2.47. The highest BCUT2D eigenvalue weighted by atomic mass is 16.3. The molecule has 0 aliphatic heterocycles. The number of anilines is 3. The monoisotopic (exact) mass is 715 g/mol. The molecule has 10 aromatic rings. The van der Waals surface area contributed by atoms with Gasteiger partial charge in [0.15, 0.2) is 0 Å². The Hall–Kier alpha value is -7.16. The van der Waals surface area contributed by atoms with E-state index in [9.17, 15) is 0 Å². The molecule has 11 rings (SSSR count). The molecule has 0 bridgehead atoms. The van der Waals surface area contributed by atoms with Gasteiger partial charge in [-0.1, -0.05) is 164 Å². The molecule has 0 spiro atoms. The zero-order valence-electron chi connectivity index (χ0n) is 30.8. The Kier molecular flexibility index (Phi) is 7.67. The molecule has 0 unspecified atom stereocenters. The second-order valence-electron chi connectivity index (χ2n) is 14.7. The zero-order chi connectivity index (χ0) is 37.0. The molecule has 264 valence electrons. The number of para-hydroxylation sites is 1. The first-order valence-corrected chi connectivity index (χ1v) is 19.5. The molecular formula is C54H37NO. The third-order valence-corrected chi connectivity index (χ3v) is 11.5. The largest absolute Gasteiger partial charge is 0.455 e. The van der Waals surface area contributed by atoms with Gasteiger partial charge in [0.05, 0.1) is 5.69 Å². The van der Waals surface area contributed by atoms with Crippen molar-refractivity contribution in [3.8, 4) is 33.4 Å². The minimum Gasteiger partial charge on any atom is -0.455 e. The minimum absolute atomic E-state index is 0.926. The molecule has 2 heteroatoms. The number of rotatable bonds is 6. The van der Waals surface area contributed by atoms with Gasteiger partial charge in [-0.2, -0.15) is 0 Å². The van der Waals surface area contributed by atoms with Crippen molar-refractivity contribution in [1.29, 1.82) is 0 Å². The van der Waals surface area contributed by atoms with Gasteiger partial charge in [-0.3, -0.25) is 0 Å². The second-order valence-corrected chi connectivity index (χ2v) is 14.7. The first kappa shape index (κ1) is 32.3. The lowest BCUT2D eigenvalue weighted by atomic mass is 9.91. The van der Waals surface area contributed by atoms with Crippen LogP contribution in [0.2, 0.25) is 0 Å². The summed E-state index contributed by atoms with van der Waals surface area (Å²) >= 11 is 0.